The van der Waals surface area contributed by atoms with Gasteiger partial charge in [0, 0.05) is 19.2 Å². The fourth-order valence-electron chi connectivity index (χ4n) is 2.59. The predicted molar refractivity (Wildman–Crippen MR) is 89.2 cm³/mol. The van der Waals surface area contributed by atoms with Crippen LogP contribution in [0.1, 0.15) is 18.9 Å². The molecule has 138 valence electrons. The second kappa shape index (κ2) is 6.91. The van der Waals surface area contributed by atoms with Gasteiger partial charge in [-0.25, -0.2) is 13.2 Å². The van der Waals surface area contributed by atoms with Gasteiger partial charge in [-0.2, -0.15) is 0 Å². The Morgan fingerprint density at radius 2 is 2.00 bits per heavy atom. The van der Waals surface area contributed by atoms with Crippen molar-refractivity contribution in [1.82, 2.24) is 4.90 Å². The number of ether oxygens (including phenoxy) is 2. The van der Waals surface area contributed by atoms with E-state index in [0.717, 1.165) is 18.7 Å². The number of carbonyl (C=O) groups is 2. The molecule has 0 radical (unpaired) electrons. The van der Waals surface area contributed by atoms with Crippen molar-refractivity contribution in [3.8, 4) is 5.75 Å². The summed E-state index contributed by atoms with van der Waals surface area (Å²) in [5.41, 5.74) is 0.850. The van der Waals surface area contributed by atoms with Crippen LogP contribution in [0.3, 0.4) is 0 Å². The molecule has 25 heavy (non-hydrogen) atoms. The van der Waals surface area contributed by atoms with Crippen LogP contribution in [0.4, 0.5) is 4.79 Å². The molecule has 2 unspecified atom stereocenters. The number of benzene rings is 1. The van der Waals surface area contributed by atoms with Crippen molar-refractivity contribution in [2.24, 2.45) is 0 Å². The van der Waals surface area contributed by atoms with Gasteiger partial charge in [-0.3, -0.25) is 4.79 Å². The fraction of sp³-hybridized carbons (Fsp3) is 0.500. The molecule has 0 saturated carbocycles. The van der Waals surface area contributed by atoms with Crippen LogP contribution in [-0.2, 0) is 25.9 Å². The standard InChI is InChI=1S/C16H21NO7S/c1-16(14(18)19,25(3,21)22)8-13-10-17(15(20)24-13)9-11-4-6-12(23-2)7-5-11/h4-7,13H,8-10H2,1-3H3,(H,18,19). The number of hydrogen-bond donors (Lipinski definition) is 1. The maximum Gasteiger partial charge on any atom is 0.410 e. The zero-order chi connectivity index (χ0) is 18.8. The fourth-order valence-corrected chi connectivity index (χ4v) is 3.40. The molecule has 2 rings (SSSR count). The highest BCUT2D eigenvalue weighted by Crippen LogP contribution is 2.28. The molecule has 1 fully saturated rings. The first-order valence-corrected chi connectivity index (χ1v) is 9.47. The number of carbonyl (C=O) groups excluding carboxylic acids is 1. The number of hydrogen-bond acceptors (Lipinski definition) is 6. The second-order valence-electron chi connectivity index (χ2n) is 6.25. The van der Waals surface area contributed by atoms with Gasteiger partial charge in [0.15, 0.2) is 14.6 Å². The van der Waals surface area contributed by atoms with E-state index in [1.165, 1.54) is 4.90 Å². The van der Waals surface area contributed by atoms with Gasteiger partial charge in [0.2, 0.25) is 0 Å². The summed E-state index contributed by atoms with van der Waals surface area (Å²) < 4.78 is 31.9. The van der Waals surface area contributed by atoms with Crippen LogP contribution in [0.5, 0.6) is 5.75 Å². The number of sulfone groups is 1. The Kier molecular flexibility index (Phi) is 5.26. The molecule has 0 spiro atoms. The molecule has 8 nitrogen and oxygen atoms in total. The van der Waals surface area contributed by atoms with E-state index < -0.39 is 32.8 Å². The van der Waals surface area contributed by atoms with Crippen molar-refractivity contribution < 1.29 is 32.6 Å². The van der Waals surface area contributed by atoms with E-state index in [-0.39, 0.29) is 19.5 Å². The molecule has 0 aliphatic carbocycles. The average molecular weight is 371 g/mol. The normalized spacial score (nSPS) is 20.0. The predicted octanol–water partition coefficient (Wildman–Crippen LogP) is 1.29. The lowest BCUT2D eigenvalue weighted by molar-refractivity contribution is -0.140. The minimum Gasteiger partial charge on any atom is -0.497 e. The summed E-state index contributed by atoms with van der Waals surface area (Å²) in [5.74, 6) is -0.768. The van der Waals surface area contributed by atoms with Crippen LogP contribution in [0.25, 0.3) is 0 Å². The first kappa shape index (κ1) is 19.0. The summed E-state index contributed by atoms with van der Waals surface area (Å²) in [6, 6.07) is 7.13. The van der Waals surface area contributed by atoms with Crippen LogP contribution >= 0.6 is 0 Å². The van der Waals surface area contributed by atoms with Crippen molar-refractivity contribution in [2.45, 2.75) is 30.7 Å². The van der Waals surface area contributed by atoms with Crippen molar-refractivity contribution in [2.75, 3.05) is 19.9 Å². The molecule has 1 heterocycles. The number of aliphatic carboxylic acids is 1. The summed E-state index contributed by atoms with van der Waals surface area (Å²) in [7, 11) is -2.32. The number of nitrogens with zero attached hydrogens (tertiary/aromatic N) is 1. The monoisotopic (exact) mass is 371 g/mol. The molecule has 1 aliphatic rings. The third-order valence-corrected chi connectivity index (χ3v) is 6.35. The SMILES string of the molecule is COc1ccc(CN2CC(CC(C)(C(=O)O)S(C)(=O)=O)OC2=O)cc1. The van der Waals surface area contributed by atoms with E-state index in [2.05, 4.69) is 0 Å². The molecule has 1 N–H and O–H groups in total. The minimum absolute atomic E-state index is 0.128. The van der Waals surface area contributed by atoms with Gasteiger partial charge < -0.3 is 19.5 Å². The lowest BCUT2D eigenvalue weighted by Crippen LogP contribution is -2.46. The van der Waals surface area contributed by atoms with Crippen LogP contribution in [0.2, 0.25) is 0 Å². The number of amides is 1. The van der Waals surface area contributed by atoms with Crippen molar-refractivity contribution >= 4 is 21.9 Å². The smallest absolute Gasteiger partial charge is 0.410 e. The molecule has 0 aromatic heterocycles. The van der Waals surface area contributed by atoms with E-state index in [1.54, 1.807) is 31.4 Å². The molecular weight excluding hydrogens is 350 g/mol. The Morgan fingerprint density at radius 1 is 1.40 bits per heavy atom. The van der Waals surface area contributed by atoms with Crippen molar-refractivity contribution in [1.29, 1.82) is 0 Å². The third kappa shape index (κ3) is 4.04. The molecule has 1 aromatic rings. The summed E-state index contributed by atoms with van der Waals surface area (Å²) in [6.45, 7) is 1.54. The molecule has 9 heteroatoms. The molecule has 1 aliphatic heterocycles. The Hall–Kier alpha value is -2.29. The highest BCUT2D eigenvalue weighted by Gasteiger charge is 2.48. The van der Waals surface area contributed by atoms with Crippen molar-refractivity contribution in [3.05, 3.63) is 29.8 Å². The number of carboxylic acid groups (broad SMARTS) is 1. The van der Waals surface area contributed by atoms with Crippen LogP contribution in [0, 0.1) is 0 Å². The van der Waals surface area contributed by atoms with Gasteiger partial charge >= 0.3 is 12.1 Å². The first-order chi connectivity index (χ1) is 11.6. The molecule has 1 amide bonds. The summed E-state index contributed by atoms with van der Waals surface area (Å²) in [6.07, 6.45) is -0.831. The number of methoxy groups -OCH3 is 1. The Bertz CT molecular complexity index is 759. The molecular formula is C16H21NO7S. The maximum absolute atomic E-state index is 12.0. The summed E-state index contributed by atoms with van der Waals surface area (Å²) in [4.78, 5) is 24.8. The maximum atomic E-state index is 12.0. The lowest BCUT2D eigenvalue weighted by atomic mass is 10.0. The topological polar surface area (TPSA) is 110 Å². The number of cyclic esters (lactones) is 1. The Morgan fingerprint density at radius 3 is 2.48 bits per heavy atom. The highest BCUT2D eigenvalue weighted by atomic mass is 32.2. The highest BCUT2D eigenvalue weighted by molar-refractivity contribution is 7.92. The van der Waals surface area contributed by atoms with Gasteiger partial charge in [-0.05, 0) is 24.6 Å². The van der Waals surface area contributed by atoms with Crippen molar-refractivity contribution in [3.63, 3.8) is 0 Å². The molecule has 0 bridgehead atoms. The molecule has 1 saturated heterocycles. The first-order valence-electron chi connectivity index (χ1n) is 7.58. The van der Waals surface area contributed by atoms with E-state index in [4.69, 9.17) is 9.47 Å². The van der Waals surface area contributed by atoms with E-state index >= 15 is 0 Å². The van der Waals surface area contributed by atoms with Gasteiger partial charge in [0.25, 0.3) is 0 Å². The summed E-state index contributed by atoms with van der Waals surface area (Å²) in [5, 5.41) is 9.30. The van der Waals surface area contributed by atoms with Gasteiger partial charge in [-0.15, -0.1) is 0 Å². The largest absolute Gasteiger partial charge is 0.497 e. The Balaban J connectivity index is 2.07. The molecule has 1 aromatic carbocycles. The van der Waals surface area contributed by atoms with Crippen LogP contribution < -0.4 is 4.74 Å². The number of rotatable bonds is 7. The summed E-state index contributed by atoms with van der Waals surface area (Å²) >= 11 is 0. The van der Waals surface area contributed by atoms with E-state index in [1.807, 2.05) is 0 Å². The van der Waals surface area contributed by atoms with Crippen LogP contribution in [-0.4, -0.2) is 61.2 Å². The van der Waals surface area contributed by atoms with E-state index in [9.17, 15) is 23.1 Å². The van der Waals surface area contributed by atoms with Crippen LogP contribution in [0.15, 0.2) is 24.3 Å². The second-order valence-corrected chi connectivity index (χ2v) is 8.69. The van der Waals surface area contributed by atoms with Gasteiger partial charge in [0.1, 0.15) is 11.9 Å². The lowest BCUT2D eigenvalue weighted by Gasteiger charge is -2.24. The molecule has 2 atom stereocenters. The average Bonchev–Trinajstić information content (AvgIpc) is 2.86. The Labute approximate surface area is 146 Å². The number of carboxylic acids is 1. The quantitative estimate of drug-likeness (QED) is 0.769. The third-order valence-electron chi connectivity index (χ3n) is 4.37. The minimum atomic E-state index is -3.88. The van der Waals surface area contributed by atoms with Gasteiger partial charge in [-0.1, -0.05) is 12.1 Å². The zero-order valence-corrected chi connectivity index (χ0v) is 15.1. The van der Waals surface area contributed by atoms with Gasteiger partial charge in [0.05, 0.1) is 13.7 Å². The zero-order valence-electron chi connectivity index (χ0n) is 14.3. The van der Waals surface area contributed by atoms with E-state index in [0.29, 0.717) is 5.75 Å².